The van der Waals surface area contributed by atoms with E-state index in [9.17, 15) is 4.79 Å². The van der Waals surface area contributed by atoms with E-state index in [1.165, 1.54) is 12.8 Å². The summed E-state index contributed by atoms with van der Waals surface area (Å²) < 4.78 is 4.96. The molecule has 2 aliphatic heterocycles. The lowest BCUT2D eigenvalue weighted by molar-refractivity contribution is -0.178. The number of Topliss-reactive ketones (excluding diaryl/α,β-unsaturated/α-hetero) is 1. The van der Waals surface area contributed by atoms with Gasteiger partial charge in [0.15, 0.2) is 5.78 Å². The summed E-state index contributed by atoms with van der Waals surface area (Å²) in [6, 6.07) is 0.0740. The number of ether oxygens (including phenoxy) is 1. The van der Waals surface area contributed by atoms with Gasteiger partial charge in [-0.15, -0.1) is 0 Å². The number of hydrogen-bond acceptors (Lipinski definition) is 3. The fraction of sp³-hybridized carbons (Fsp3) is 0.917. The van der Waals surface area contributed by atoms with Gasteiger partial charge in [0.2, 0.25) is 0 Å². The molecule has 2 saturated heterocycles. The molecule has 86 valence electrons. The molecule has 0 N–H and O–H groups in total. The molecule has 0 saturated carbocycles. The van der Waals surface area contributed by atoms with Crippen LogP contribution in [0.25, 0.3) is 0 Å². The third-order valence-electron chi connectivity index (χ3n) is 4.67. The van der Waals surface area contributed by atoms with Crippen molar-refractivity contribution in [3.05, 3.63) is 0 Å². The molecule has 15 heavy (non-hydrogen) atoms. The van der Waals surface area contributed by atoms with Crippen LogP contribution in [0.4, 0.5) is 0 Å². The first-order valence-corrected chi connectivity index (χ1v) is 5.73. The fourth-order valence-electron chi connectivity index (χ4n) is 3.51. The van der Waals surface area contributed by atoms with Crippen LogP contribution in [0.2, 0.25) is 0 Å². The summed E-state index contributed by atoms with van der Waals surface area (Å²) in [6.07, 6.45) is 2.44. The zero-order valence-electron chi connectivity index (χ0n) is 10.2. The molecule has 3 nitrogen and oxygen atoms in total. The van der Waals surface area contributed by atoms with Crippen molar-refractivity contribution in [3.63, 3.8) is 0 Å². The highest BCUT2D eigenvalue weighted by atomic mass is 16.5. The van der Waals surface area contributed by atoms with Gasteiger partial charge in [-0.05, 0) is 26.3 Å². The molecule has 0 unspecified atom stereocenters. The van der Waals surface area contributed by atoms with Gasteiger partial charge >= 0.3 is 0 Å². The van der Waals surface area contributed by atoms with E-state index in [1.54, 1.807) is 7.11 Å². The van der Waals surface area contributed by atoms with Gasteiger partial charge in [0.1, 0.15) is 6.61 Å². The standard InChI is InChI=1S/C12H21NO2/c1-11(2)10(9(14)8-15-4)13-7-5-6-12(11,13)3/h10H,5-8H2,1-4H3/t10-,12+/m1/s1. The molecule has 2 atom stereocenters. The van der Waals surface area contributed by atoms with E-state index >= 15 is 0 Å². The van der Waals surface area contributed by atoms with E-state index in [4.69, 9.17) is 4.74 Å². The Morgan fingerprint density at radius 2 is 2.13 bits per heavy atom. The normalized spacial score (nSPS) is 38.5. The van der Waals surface area contributed by atoms with Crippen LogP contribution >= 0.6 is 0 Å². The van der Waals surface area contributed by atoms with Crippen LogP contribution in [-0.4, -0.2) is 42.5 Å². The third-order valence-corrected chi connectivity index (χ3v) is 4.67. The number of carbonyl (C=O) groups is 1. The molecule has 0 spiro atoms. The molecule has 2 heterocycles. The minimum atomic E-state index is 0.0740. The second-order valence-corrected chi connectivity index (χ2v) is 5.59. The van der Waals surface area contributed by atoms with Crippen molar-refractivity contribution < 1.29 is 9.53 Å². The first-order valence-electron chi connectivity index (χ1n) is 5.73. The van der Waals surface area contributed by atoms with Crippen LogP contribution in [0.15, 0.2) is 0 Å². The Morgan fingerprint density at radius 1 is 1.47 bits per heavy atom. The number of rotatable bonds is 3. The summed E-state index contributed by atoms with van der Waals surface area (Å²) in [7, 11) is 1.59. The van der Waals surface area contributed by atoms with Crippen LogP contribution in [0, 0.1) is 5.41 Å². The summed E-state index contributed by atoms with van der Waals surface area (Å²) >= 11 is 0. The Kier molecular flexibility index (Phi) is 2.43. The predicted molar refractivity (Wildman–Crippen MR) is 58.8 cm³/mol. The van der Waals surface area contributed by atoms with Gasteiger partial charge in [-0.2, -0.15) is 0 Å². The Balaban J connectivity index is 2.18. The van der Waals surface area contributed by atoms with Crippen molar-refractivity contribution in [2.45, 2.75) is 45.2 Å². The largest absolute Gasteiger partial charge is 0.377 e. The van der Waals surface area contributed by atoms with Gasteiger partial charge < -0.3 is 4.74 Å². The summed E-state index contributed by atoms with van der Waals surface area (Å²) in [5, 5.41) is 0. The molecule has 2 rings (SSSR count). The maximum atomic E-state index is 12.0. The zero-order valence-corrected chi connectivity index (χ0v) is 10.2. The van der Waals surface area contributed by atoms with Crippen molar-refractivity contribution >= 4 is 5.78 Å². The average Bonchev–Trinajstić information content (AvgIpc) is 2.47. The summed E-state index contributed by atoms with van der Waals surface area (Å²) in [5.74, 6) is 0.238. The van der Waals surface area contributed by atoms with Crippen LogP contribution in [-0.2, 0) is 9.53 Å². The quantitative estimate of drug-likeness (QED) is 0.708. The highest BCUT2D eigenvalue weighted by Gasteiger charge is 2.66. The maximum absolute atomic E-state index is 12.0. The Hall–Kier alpha value is -0.410. The van der Waals surface area contributed by atoms with Crippen molar-refractivity contribution in [1.82, 2.24) is 4.90 Å². The Bertz CT molecular complexity index is 287. The summed E-state index contributed by atoms with van der Waals surface area (Å²) in [4.78, 5) is 14.3. The topological polar surface area (TPSA) is 29.5 Å². The minimum absolute atomic E-state index is 0.0740. The molecule has 3 heteroatoms. The SMILES string of the molecule is COCC(=O)[C@H]1N2CCC[C@@]2(C)C1(C)C. The van der Waals surface area contributed by atoms with Gasteiger partial charge in [-0.1, -0.05) is 13.8 Å². The molecule has 2 aliphatic rings. The monoisotopic (exact) mass is 211 g/mol. The van der Waals surface area contributed by atoms with Crippen LogP contribution in [0.5, 0.6) is 0 Å². The molecule has 0 bridgehead atoms. The second-order valence-electron chi connectivity index (χ2n) is 5.59. The van der Waals surface area contributed by atoms with Crippen LogP contribution < -0.4 is 0 Å². The zero-order chi connectivity index (χ0) is 11.3. The number of methoxy groups -OCH3 is 1. The van der Waals surface area contributed by atoms with Crippen molar-refractivity contribution in [3.8, 4) is 0 Å². The van der Waals surface area contributed by atoms with Gasteiger partial charge in [0, 0.05) is 18.1 Å². The molecule has 2 fully saturated rings. The van der Waals surface area contributed by atoms with Gasteiger partial charge in [-0.3, -0.25) is 9.69 Å². The van der Waals surface area contributed by atoms with E-state index in [1.807, 2.05) is 0 Å². The number of carbonyl (C=O) groups excluding carboxylic acids is 1. The number of hydrogen-bond donors (Lipinski definition) is 0. The number of nitrogens with zero attached hydrogens (tertiary/aromatic N) is 1. The lowest BCUT2D eigenvalue weighted by Gasteiger charge is -2.65. The van der Waals surface area contributed by atoms with E-state index in [0.29, 0.717) is 0 Å². The van der Waals surface area contributed by atoms with Crippen molar-refractivity contribution in [2.24, 2.45) is 5.41 Å². The molecule has 0 aromatic heterocycles. The minimum Gasteiger partial charge on any atom is -0.377 e. The van der Waals surface area contributed by atoms with Gasteiger partial charge in [0.05, 0.1) is 6.04 Å². The molecule has 0 aromatic rings. The van der Waals surface area contributed by atoms with E-state index in [0.717, 1.165) is 6.54 Å². The van der Waals surface area contributed by atoms with E-state index in [2.05, 4.69) is 25.7 Å². The van der Waals surface area contributed by atoms with E-state index in [-0.39, 0.29) is 29.4 Å². The lowest BCUT2D eigenvalue weighted by atomic mass is 9.58. The van der Waals surface area contributed by atoms with Gasteiger partial charge in [-0.25, -0.2) is 0 Å². The van der Waals surface area contributed by atoms with Crippen LogP contribution in [0.1, 0.15) is 33.6 Å². The third kappa shape index (κ3) is 1.23. The highest BCUT2D eigenvalue weighted by Crippen LogP contribution is 2.57. The van der Waals surface area contributed by atoms with Crippen molar-refractivity contribution in [2.75, 3.05) is 20.3 Å². The smallest absolute Gasteiger partial charge is 0.176 e. The average molecular weight is 211 g/mol. The first kappa shape index (κ1) is 11.1. The Labute approximate surface area is 91.8 Å². The predicted octanol–water partition coefficient (Wildman–Crippen LogP) is 1.46. The second kappa shape index (κ2) is 3.29. The number of fused-ring (bicyclic) bond motifs is 1. The van der Waals surface area contributed by atoms with Crippen molar-refractivity contribution in [1.29, 1.82) is 0 Å². The van der Waals surface area contributed by atoms with Crippen LogP contribution in [0.3, 0.4) is 0 Å². The molecule has 0 radical (unpaired) electrons. The molecular formula is C12H21NO2. The molecular weight excluding hydrogens is 190 g/mol. The lowest BCUT2D eigenvalue weighted by Crippen LogP contribution is -2.76. The van der Waals surface area contributed by atoms with E-state index < -0.39 is 0 Å². The number of ketones is 1. The Morgan fingerprint density at radius 3 is 2.73 bits per heavy atom. The summed E-state index contributed by atoms with van der Waals surface area (Å²) in [5.41, 5.74) is 0.334. The molecule has 0 amide bonds. The first-order chi connectivity index (χ1) is 6.95. The maximum Gasteiger partial charge on any atom is 0.176 e. The fourth-order valence-corrected chi connectivity index (χ4v) is 3.51. The molecule has 0 aliphatic carbocycles. The summed E-state index contributed by atoms with van der Waals surface area (Å²) in [6.45, 7) is 8.04. The highest BCUT2D eigenvalue weighted by molar-refractivity contribution is 5.87. The molecule has 0 aromatic carbocycles. The van der Waals surface area contributed by atoms with Gasteiger partial charge in [0.25, 0.3) is 0 Å².